The van der Waals surface area contributed by atoms with Gasteiger partial charge in [0.2, 0.25) is 0 Å². The Bertz CT molecular complexity index is 715. The van der Waals surface area contributed by atoms with Crippen molar-refractivity contribution in [2.75, 3.05) is 31.9 Å². The second-order valence-electron chi connectivity index (χ2n) is 5.32. The maximum Gasteiger partial charge on any atom is 0.257 e. The Hall–Kier alpha value is -2.24. The van der Waals surface area contributed by atoms with Crippen molar-refractivity contribution < 1.29 is 9.53 Å². The lowest BCUT2D eigenvalue weighted by Gasteiger charge is -2.28. The summed E-state index contributed by atoms with van der Waals surface area (Å²) in [6.45, 7) is 2.90. The summed E-state index contributed by atoms with van der Waals surface area (Å²) in [6.07, 6.45) is 0. The molecular weight excluding hydrogens is 314 g/mol. The van der Waals surface area contributed by atoms with Gasteiger partial charge in [-0.25, -0.2) is 0 Å². The summed E-state index contributed by atoms with van der Waals surface area (Å²) in [6, 6.07) is 12.2. The largest absolute Gasteiger partial charge is 0.454 e. The van der Waals surface area contributed by atoms with Crippen LogP contribution in [-0.4, -0.2) is 37.0 Å². The van der Waals surface area contributed by atoms with Gasteiger partial charge in [-0.2, -0.15) is 0 Å². The molecule has 0 saturated carbocycles. The number of para-hydroxylation sites is 2. The molecule has 3 N–H and O–H groups in total. The first-order valence-electron chi connectivity index (χ1n) is 7.47. The number of amides is 1. The van der Waals surface area contributed by atoms with E-state index in [1.54, 1.807) is 35.2 Å². The lowest BCUT2D eigenvalue weighted by atomic mass is 10.1. The number of carbonyl (C=O) groups is 1. The maximum absolute atomic E-state index is 12.8. The zero-order valence-corrected chi connectivity index (χ0v) is 13.3. The van der Waals surface area contributed by atoms with Gasteiger partial charge in [-0.1, -0.05) is 23.7 Å². The second kappa shape index (κ2) is 6.89. The molecule has 6 heteroatoms. The molecule has 23 heavy (non-hydrogen) atoms. The molecule has 3 rings (SSSR count). The van der Waals surface area contributed by atoms with Gasteiger partial charge < -0.3 is 20.7 Å². The Kier molecular flexibility index (Phi) is 4.69. The van der Waals surface area contributed by atoms with Gasteiger partial charge in [-0.05, 0) is 30.3 Å². The molecule has 2 aromatic rings. The fourth-order valence-electron chi connectivity index (χ4n) is 2.49. The predicted octanol–water partition coefficient (Wildman–Crippen LogP) is 2.76. The number of carbonyl (C=O) groups excluding carboxylic acids is 1. The van der Waals surface area contributed by atoms with Crippen LogP contribution < -0.4 is 15.8 Å². The first kappa shape index (κ1) is 15.6. The van der Waals surface area contributed by atoms with Crippen molar-refractivity contribution in [2.24, 2.45) is 0 Å². The molecule has 1 heterocycles. The van der Waals surface area contributed by atoms with Crippen molar-refractivity contribution in [1.82, 2.24) is 10.2 Å². The fourth-order valence-corrected chi connectivity index (χ4v) is 2.66. The SMILES string of the molecule is Nc1ccccc1Oc1ccc(Cl)cc1C(=O)N1CCNCC1. The highest BCUT2D eigenvalue weighted by atomic mass is 35.5. The smallest absolute Gasteiger partial charge is 0.257 e. The van der Waals surface area contributed by atoms with E-state index in [9.17, 15) is 4.79 Å². The number of nitrogens with one attached hydrogen (secondary N) is 1. The highest BCUT2D eigenvalue weighted by molar-refractivity contribution is 6.31. The van der Waals surface area contributed by atoms with Crippen molar-refractivity contribution in [2.45, 2.75) is 0 Å². The molecule has 0 aliphatic carbocycles. The normalized spacial score (nSPS) is 14.6. The van der Waals surface area contributed by atoms with Gasteiger partial charge in [-0.15, -0.1) is 0 Å². The lowest BCUT2D eigenvalue weighted by Crippen LogP contribution is -2.46. The van der Waals surface area contributed by atoms with Crippen LogP contribution in [-0.2, 0) is 0 Å². The molecule has 0 bridgehead atoms. The number of ether oxygens (including phenoxy) is 1. The Labute approximate surface area is 140 Å². The number of piperazine rings is 1. The molecule has 0 radical (unpaired) electrons. The summed E-state index contributed by atoms with van der Waals surface area (Å²) in [7, 11) is 0. The average molecular weight is 332 g/mol. The number of halogens is 1. The van der Waals surface area contributed by atoms with Gasteiger partial charge in [0, 0.05) is 31.2 Å². The van der Waals surface area contributed by atoms with Crippen LogP contribution in [0.4, 0.5) is 5.69 Å². The summed E-state index contributed by atoms with van der Waals surface area (Å²) in [5, 5.41) is 3.72. The number of hydrogen-bond acceptors (Lipinski definition) is 4. The predicted molar refractivity (Wildman–Crippen MR) is 91.2 cm³/mol. The van der Waals surface area contributed by atoms with Crippen LogP contribution in [0.15, 0.2) is 42.5 Å². The summed E-state index contributed by atoms with van der Waals surface area (Å²) >= 11 is 6.07. The highest BCUT2D eigenvalue weighted by Gasteiger charge is 2.22. The summed E-state index contributed by atoms with van der Waals surface area (Å²) < 4.78 is 5.86. The van der Waals surface area contributed by atoms with E-state index in [4.69, 9.17) is 22.1 Å². The van der Waals surface area contributed by atoms with E-state index in [2.05, 4.69) is 5.32 Å². The molecule has 1 saturated heterocycles. The molecule has 5 nitrogen and oxygen atoms in total. The van der Waals surface area contributed by atoms with E-state index in [0.29, 0.717) is 40.9 Å². The monoisotopic (exact) mass is 331 g/mol. The maximum atomic E-state index is 12.8. The average Bonchev–Trinajstić information content (AvgIpc) is 2.58. The molecular formula is C17H18ClN3O2. The van der Waals surface area contributed by atoms with Crippen molar-refractivity contribution in [1.29, 1.82) is 0 Å². The molecule has 0 spiro atoms. The summed E-state index contributed by atoms with van der Waals surface area (Å²) in [5.41, 5.74) is 6.88. The third-order valence-electron chi connectivity index (χ3n) is 3.72. The third-order valence-corrected chi connectivity index (χ3v) is 3.95. The van der Waals surface area contributed by atoms with Crippen LogP contribution >= 0.6 is 11.6 Å². The van der Waals surface area contributed by atoms with Gasteiger partial charge in [0.1, 0.15) is 11.5 Å². The first-order valence-corrected chi connectivity index (χ1v) is 7.85. The third kappa shape index (κ3) is 3.57. The molecule has 1 aliphatic heterocycles. The van der Waals surface area contributed by atoms with E-state index >= 15 is 0 Å². The van der Waals surface area contributed by atoms with Gasteiger partial charge in [0.15, 0.2) is 0 Å². The second-order valence-corrected chi connectivity index (χ2v) is 5.76. The quantitative estimate of drug-likeness (QED) is 0.849. The molecule has 1 amide bonds. The molecule has 2 aromatic carbocycles. The first-order chi connectivity index (χ1) is 11.1. The Morgan fingerprint density at radius 3 is 2.61 bits per heavy atom. The van der Waals surface area contributed by atoms with Crippen LogP contribution in [0.3, 0.4) is 0 Å². The molecule has 1 fully saturated rings. The number of rotatable bonds is 3. The Morgan fingerprint density at radius 1 is 1.13 bits per heavy atom. The number of hydrogen-bond donors (Lipinski definition) is 2. The van der Waals surface area contributed by atoms with Crippen LogP contribution in [0, 0.1) is 0 Å². The van der Waals surface area contributed by atoms with E-state index in [-0.39, 0.29) is 5.91 Å². The fraction of sp³-hybridized carbons (Fsp3) is 0.235. The van der Waals surface area contributed by atoms with E-state index in [1.807, 2.05) is 12.1 Å². The minimum atomic E-state index is -0.0847. The molecule has 120 valence electrons. The summed E-state index contributed by atoms with van der Waals surface area (Å²) in [5.74, 6) is 0.888. The summed E-state index contributed by atoms with van der Waals surface area (Å²) in [4.78, 5) is 14.6. The zero-order valence-electron chi connectivity index (χ0n) is 12.6. The Morgan fingerprint density at radius 2 is 1.87 bits per heavy atom. The van der Waals surface area contributed by atoms with Crippen LogP contribution in [0.2, 0.25) is 5.02 Å². The molecule has 1 aliphatic rings. The number of nitrogen functional groups attached to an aromatic ring is 1. The van der Waals surface area contributed by atoms with Gasteiger partial charge in [0.25, 0.3) is 5.91 Å². The molecule has 0 unspecified atom stereocenters. The number of benzene rings is 2. The zero-order chi connectivity index (χ0) is 16.2. The Balaban J connectivity index is 1.91. The van der Waals surface area contributed by atoms with Crippen LogP contribution in [0.25, 0.3) is 0 Å². The number of nitrogens with two attached hydrogens (primary N) is 1. The molecule has 0 atom stereocenters. The van der Waals surface area contributed by atoms with Crippen LogP contribution in [0.1, 0.15) is 10.4 Å². The van der Waals surface area contributed by atoms with E-state index in [1.165, 1.54) is 0 Å². The minimum absolute atomic E-state index is 0.0847. The van der Waals surface area contributed by atoms with E-state index < -0.39 is 0 Å². The standard InChI is InChI=1S/C17H18ClN3O2/c18-12-5-6-15(23-16-4-2-1-3-14(16)19)13(11-12)17(22)21-9-7-20-8-10-21/h1-6,11,20H,7-10,19H2. The highest BCUT2D eigenvalue weighted by Crippen LogP contribution is 2.31. The van der Waals surface area contributed by atoms with Gasteiger partial charge in [0.05, 0.1) is 11.3 Å². The van der Waals surface area contributed by atoms with Crippen molar-refractivity contribution >= 4 is 23.2 Å². The van der Waals surface area contributed by atoms with Gasteiger partial charge >= 0.3 is 0 Å². The topological polar surface area (TPSA) is 67.6 Å². The van der Waals surface area contributed by atoms with E-state index in [0.717, 1.165) is 13.1 Å². The minimum Gasteiger partial charge on any atom is -0.454 e. The lowest BCUT2D eigenvalue weighted by molar-refractivity contribution is 0.0733. The molecule has 0 aromatic heterocycles. The van der Waals surface area contributed by atoms with Crippen molar-refractivity contribution in [3.8, 4) is 11.5 Å². The van der Waals surface area contributed by atoms with Crippen LogP contribution in [0.5, 0.6) is 11.5 Å². The van der Waals surface area contributed by atoms with Gasteiger partial charge in [-0.3, -0.25) is 4.79 Å². The van der Waals surface area contributed by atoms with Crippen molar-refractivity contribution in [3.05, 3.63) is 53.1 Å². The number of nitrogens with zero attached hydrogens (tertiary/aromatic N) is 1. The van der Waals surface area contributed by atoms with Crippen molar-refractivity contribution in [3.63, 3.8) is 0 Å². The number of anilines is 1.